The van der Waals surface area contributed by atoms with Crippen molar-refractivity contribution in [3.05, 3.63) is 0 Å². The first-order valence-corrected chi connectivity index (χ1v) is 17.2. The third-order valence-corrected chi connectivity index (χ3v) is 5.90. The molecule has 0 aromatic carbocycles. The van der Waals surface area contributed by atoms with Crippen LogP contribution in [-0.4, -0.2) is 70.4 Å². The molecule has 3 aliphatic heterocycles. The quantitative estimate of drug-likeness (QED) is 0.0582. The molecule has 0 aliphatic carbocycles. The number of unbranched alkanes of at least 4 members (excludes halogenated alkanes) is 18. The fourth-order valence-corrected chi connectivity index (χ4v) is 3.49. The van der Waals surface area contributed by atoms with Gasteiger partial charge in [0.15, 0.2) is 0 Å². The van der Waals surface area contributed by atoms with Crippen LogP contribution in [-0.2, 0) is 29.3 Å². The second-order valence-electron chi connectivity index (χ2n) is 10.2. The standard InChI is InChI=1S/C24H50O.3C2H4O.2Na.H2O4S/c1-3-5-7-9-11-13-15-17-19-21-23-25-24-22-20-18-16-14-12-10-8-6-4-2;3*1-2-3-1;;;1-5(2,3)4/h3-24H2,1-2H3;3*1-2H2;;;(H2,1,2,3,4)/q;;;;2*+1;/p-2. The molecule has 0 unspecified atom stereocenters. The molecule has 0 bridgehead atoms. The third-order valence-electron chi connectivity index (χ3n) is 5.90. The van der Waals surface area contributed by atoms with Gasteiger partial charge >= 0.3 is 59.1 Å². The van der Waals surface area contributed by atoms with E-state index in [-0.39, 0.29) is 59.1 Å². The van der Waals surface area contributed by atoms with Crippen molar-refractivity contribution in [2.45, 2.75) is 142 Å². The summed E-state index contributed by atoms with van der Waals surface area (Å²) in [6.07, 6.45) is 28.2. The van der Waals surface area contributed by atoms with Crippen LogP contribution in [0.15, 0.2) is 0 Å². The van der Waals surface area contributed by atoms with Crippen LogP contribution in [0.1, 0.15) is 142 Å². The fraction of sp³-hybridized carbons (Fsp3) is 1.00. The number of rotatable bonds is 22. The van der Waals surface area contributed by atoms with Crippen LogP contribution in [0.4, 0.5) is 0 Å². The normalized spacial score (nSPS) is 13.6. The van der Waals surface area contributed by atoms with Crippen molar-refractivity contribution in [2.24, 2.45) is 0 Å². The minimum atomic E-state index is -5.17. The Hall–Kier alpha value is 1.71. The summed E-state index contributed by atoms with van der Waals surface area (Å²) in [7, 11) is -5.17. The van der Waals surface area contributed by atoms with Gasteiger partial charge < -0.3 is 28.1 Å². The zero-order valence-electron chi connectivity index (χ0n) is 27.5. The fourth-order valence-electron chi connectivity index (χ4n) is 3.49. The van der Waals surface area contributed by atoms with Crippen LogP contribution in [0.2, 0.25) is 0 Å². The minimum Gasteiger partial charge on any atom is -0.759 e. The van der Waals surface area contributed by atoms with Crippen LogP contribution in [0.3, 0.4) is 0 Å². The maximum Gasteiger partial charge on any atom is 1.00 e. The van der Waals surface area contributed by atoms with E-state index in [0.717, 1.165) is 52.9 Å². The maximum atomic E-state index is 8.52. The molecule has 0 aromatic heterocycles. The molecule has 3 fully saturated rings. The smallest absolute Gasteiger partial charge is 0.759 e. The van der Waals surface area contributed by atoms with Crippen LogP contribution in [0.5, 0.6) is 0 Å². The first-order chi connectivity index (χ1) is 18.9. The number of hydrogen-bond donors (Lipinski definition) is 0. The van der Waals surface area contributed by atoms with Gasteiger partial charge in [-0.25, -0.2) is 0 Å². The second kappa shape index (κ2) is 43.8. The molecule has 0 N–H and O–H groups in total. The second-order valence-corrected chi connectivity index (χ2v) is 11.0. The van der Waals surface area contributed by atoms with Crippen molar-refractivity contribution in [1.82, 2.24) is 0 Å². The van der Waals surface area contributed by atoms with Crippen molar-refractivity contribution in [3.8, 4) is 0 Å². The molecule has 0 aromatic rings. The Morgan fingerprint density at radius 3 is 0.805 bits per heavy atom. The van der Waals surface area contributed by atoms with Crippen molar-refractivity contribution < 1.29 is 95.6 Å². The van der Waals surface area contributed by atoms with Crippen molar-refractivity contribution in [2.75, 3.05) is 52.9 Å². The van der Waals surface area contributed by atoms with Crippen LogP contribution in [0.25, 0.3) is 0 Å². The van der Waals surface area contributed by atoms with Gasteiger partial charge in [-0.05, 0) is 12.8 Å². The van der Waals surface area contributed by atoms with Gasteiger partial charge in [0.05, 0.1) is 39.6 Å². The van der Waals surface area contributed by atoms with Gasteiger partial charge in [-0.3, -0.25) is 8.42 Å². The zero-order chi connectivity index (χ0) is 29.1. The number of hydrogen-bond acceptors (Lipinski definition) is 8. The summed E-state index contributed by atoms with van der Waals surface area (Å²) >= 11 is 0. The Morgan fingerprint density at radius 1 is 0.463 bits per heavy atom. The van der Waals surface area contributed by atoms with Crippen LogP contribution in [0, 0.1) is 0 Å². The minimum absolute atomic E-state index is 0. The molecule has 3 heterocycles. The van der Waals surface area contributed by atoms with Gasteiger partial charge in [0.25, 0.3) is 0 Å². The molecule has 0 spiro atoms. The van der Waals surface area contributed by atoms with Gasteiger partial charge in [0.2, 0.25) is 0 Å². The predicted octanol–water partition coefficient (Wildman–Crippen LogP) is 1.56. The maximum absolute atomic E-state index is 8.52. The van der Waals surface area contributed by atoms with E-state index in [4.69, 9.17) is 22.3 Å². The van der Waals surface area contributed by atoms with Crippen molar-refractivity contribution in [3.63, 3.8) is 0 Å². The summed E-state index contributed by atoms with van der Waals surface area (Å²) in [5.41, 5.74) is 0. The molecule has 8 nitrogen and oxygen atoms in total. The van der Waals surface area contributed by atoms with Crippen molar-refractivity contribution >= 4 is 10.4 Å². The number of ether oxygens (including phenoxy) is 4. The topological polar surface area (TPSA) is 127 Å². The molecule has 0 atom stereocenters. The summed E-state index contributed by atoms with van der Waals surface area (Å²) in [4.78, 5) is 0. The zero-order valence-corrected chi connectivity index (χ0v) is 32.3. The average Bonchev–Trinajstić information content (AvgIpc) is 3.74. The molecule has 3 saturated heterocycles. The Kier molecular flexibility index (Phi) is 53.0. The molecule has 41 heavy (non-hydrogen) atoms. The third kappa shape index (κ3) is 92.2. The summed E-state index contributed by atoms with van der Waals surface area (Å²) in [6, 6.07) is 0. The molecule has 0 saturated carbocycles. The van der Waals surface area contributed by atoms with Gasteiger partial charge in [-0.2, -0.15) is 0 Å². The summed E-state index contributed by atoms with van der Waals surface area (Å²) in [6.45, 7) is 12.6. The van der Waals surface area contributed by atoms with E-state index in [9.17, 15) is 0 Å². The van der Waals surface area contributed by atoms with E-state index in [1.165, 1.54) is 128 Å². The Labute approximate surface area is 298 Å². The van der Waals surface area contributed by atoms with E-state index in [0.29, 0.717) is 0 Å². The van der Waals surface area contributed by atoms with Gasteiger partial charge in [-0.15, -0.1) is 0 Å². The molecule has 3 rings (SSSR count). The average molecular weight is 629 g/mol. The predicted molar refractivity (Wildman–Crippen MR) is 157 cm³/mol. The van der Waals surface area contributed by atoms with E-state index in [2.05, 4.69) is 28.1 Å². The van der Waals surface area contributed by atoms with Gasteiger partial charge in [-0.1, -0.05) is 129 Å². The van der Waals surface area contributed by atoms with E-state index in [1.807, 2.05) is 0 Å². The van der Waals surface area contributed by atoms with Crippen LogP contribution < -0.4 is 59.1 Å². The molecular weight excluding hydrogens is 566 g/mol. The molecular formula is C30H62Na2O8S. The van der Waals surface area contributed by atoms with Gasteiger partial charge in [0.1, 0.15) is 0 Å². The SMILES string of the molecule is C1CO1.C1CO1.C1CO1.CCCCCCCCCCCCOCCCCCCCCCCCC.O=S(=O)([O-])[O-].[Na+].[Na+]. The monoisotopic (exact) mass is 628 g/mol. The molecule has 0 radical (unpaired) electrons. The van der Waals surface area contributed by atoms with E-state index < -0.39 is 10.4 Å². The molecule has 0 amide bonds. The van der Waals surface area contributed by atoms with Gasteiger partial charge in [0, 0.05) is 23.6 Å². The first-order valence-electron chi connectivity index (χ1n) is 15.9. The summed E-state index contributed by atoms with van der Waals surface area (Å²) in [5, 5.41) is 0. The molecule has 11 heteroatoms. The number of epoxide rings is 3. The first kappa shape index (κ1) is 49.6. The molecule has 3 aliphatic rings. The Bertz CT molecular complexity index is 484. The van der Waals surface area contributed by atoms with E-state index >= 15 is 0 Å². The summed E-state index contributed by atoms with van der Waals surface area (Å²) in [5.74, 6) is 0. The molecule has 238 valence electrons. The van der Waals surface area contributed by atoms with Crippen LogP contribution >= 0.6 is 0 Å². The summed E-state index contributed by atoms with van der Waals surface area (Å²) < 4.78 is 53.4. The Morgan fingerprint density at radius 2 is 0.634 bits per heavy atom. The largest absolute Gasteiger partial charge is 1.00 e. The van der Waals surface area contributed by atoms with E-state index in [1.54, 1.807) is 0 Å². The Balaban J connectivity index is -0.000000342. The van der Waals surface area contributed by atoms with Crippen molar-refractivity contribution in [1.29, 1.82) is 0 Å².